The first-order valence-corrected chi connectivity index (χ1v) is 7.62. The Morgan fingerprint density at radius 1 is 1.30 bits per heavy atom. The Balaban J connectivity index is 2.04. The van der Waals surface area contributed by atoms with Crippen LogP contribution in [0.4, 0.5) is 0 Å². The van der Waals surface area contributed by atoms with Gasteiger partial charge in [-0.1, -0.05) is 26.0 Å². The number of nitrogens with one attached hydrogen (secondary N) is 1. The third kappa shape index (κ3) is 3.52. The Bertz CT molecular complexity index is 537. The van der Waals surface area contributed by atoms with Crippen molar-refractivity contribution in [1.82, 2.24) is 5.32 Å². The first-order chi connectivity index (χ1) is 9.61. The Morgan fingerprint density at radius 3 is 2.65 bits per heavy atom. The molecule has 0 amide bonds. The molecule has 3 nitrogen and oxygen atoms in total. The van der Waals surface area contributed by atoms with Crippen molar-refractivity contribution in [2.24, 2.45) is 5.92 Å². The van der Waals surface area contributed by atoms with Crippen LogP contribution in [0.25, 0.3) is 0 Å². The lowest BCUT2D eigenvalue weighted by atomic mass is 10.0. The van der Waals surface area contributed by atoms with Gasteiger partial charge in [-0.15, -0.1) is 11.3 Å². The van der Waals surface area contributed by atoms with Gasteiger partial charge in [0.25, 0.3) is 0 Å². The van der Waals surface area contributed by atoms with E-state index in [0.717, 1.165) is 12.1 Å². The van der Waals surface area contributed by atoms with Crippen molar-refractivity contribution in [1.29, 1.82) is 0 Å². The lowest BCUT2D eigenvalue weighted by Crippen LogP contribution is -2.24. The average Bonchev–Trinajstić information content (AvgIpc) is 2.92. The van der Waals surface area contributed by atoms with Crippen molar-refractivity contribution in [3.05, 3.63) is 46.2 Å². The summed E-state index contributed by atoms with van der Waals surface area (Å²) in [4.78, 5) is 1.35. The van der Waals surface area contributed by atoms with Gasteiger partial charge in [-0.25, -0.2) is 0 Å². The van der Waals surface area contributed by atoms with Crippen LogP contribution in [-0.2, 0) is 6.54 Å². The molecule has 1 heterocycles. The summed E-state index contributed by atoms with van der Waals surface area (Å²) in [5.74, 6) is 1.21. The smallest absolute Gasteiger partial charge is 0.160 e. The van der Waals surface area contributed by atoms with Crippen molar-refractivity contribution in [3.8, 4) is 11.5 Å². The maximum absolute atomic E-state index is 9.80. The largest absolute Gasteiger partial charge is 0.504 e. The molecule has 0 fully saturated rings. The highest BCUT2D eigenvalue weighted by molar-refractivity contribution is 7.10. The highest BCUT2D eigenvalue weighted by Gasteiger charge is 2.16. The highest BCUT2D eigenvalue weighted by Crippen LogP contribution is 2.28. The summed E-state index contributed by atoms with van der Waals surface area (Å²) in [5.41, 5.74) is 1.05. The minimum atomic E-state index is 0.184. The van der Waals surface area contributed by atoms with Gasteiger partial charge >= 0.3 is 0 Å². The van der Waals surface area contributed by atoms with Gasteiger partial charge < -0.3 is 15.2 Å². The van der Waals surface area contributed by atoms with Gasteiger partial charge in [0.1, 0.15) is 0 Å². The molecule has 1 unspecified atom stereocenters. The van der Waals surface area contributed by atoms with Gasteiger partial charge in [0.15, 0.2) is 11.5 Å². The van der Waals surface area contributed by atoms with Crippen LogP contribution in [0.15, 0.2) is 35.7 Å². The minimum Gasteiger partial charge on any atom is -0.504 e. The molecule has 0 aliphatic rings. The molecular formula is C16H21NO2S. The number of hydrogen-bond donors (Lipinski definition) is 2. The number of aromatic hydroxyl groups is 1. The molecule has 0 aliphatic carbocycles. The summed E-state index contributed by atoms with van der Waals surface area (Å²) in [7, 11) is 1.55. The zero-order valence-corrected chi connectivity index (χ0v) is 12.9. The van der Waals surface area contributed by atoms with E-state index in [2.05, 4.69) is 36.7 Å². The highest BCUT2D eigenvalue weighted by atomic mass is 32.1. The van der Waals surface area contributed by atoms with Crippen LogP contribution in [0.2, 0.25) is 0 Å². The number of hydrogen-bond acceptors (Lipinski definition) is 4. The number of rotatable bonds is 6. The number of ether oxygens (including phenoxy) is 1. The van der Waals surface area contributed by atoms with Crippen molar-refractivity contribution < 1.29 is 9.84 Å². The van der Waals surface area contributed by atoms with E-state index in [4.69, 9.17) is 4.74 Å². The quantitative estimate of drug-likeness (QED) is 0.846. The molecule has 0 aliphatic heterocycles. The topological polar surface area (TPSA) is 41.5 Å². The van der Waals surface area contributed by atoms with Crippen molar-refractivity contribution >= 4 is 11.3 Å². The molecule has 2 rings (SSSR count). The van der Waals surface area contributed by atoms with E-state index in [9.17, 15) is 5.11 Å². The van der Waals surface area contributed by atoms with Crippen LogP contribution < -0.4 is 10.1 Å². The van der Waals surface area contributed by atoms with E-state index in [-0.39, 0.29) is 5.75 Å². The predicted octanol–water partition coefficient (Wildman–Crippen LogP) is 3.95. The fraction of sp³-hybridized carbons (Fsp3) is 0.375. The summed E-state index contributed by atoms with van der Waals surface area (Å²) < 4.78 is 5.05. The molecule has 0 radical (unpaired) electrons. The third-order valence-corrected chi connectivity index (χ3v) is 4.24. The second kappa shape index (κ2) is 6.77. The summed E-state index contributed by atoms with van der Waals surface area (Å²) in [6.07, 6.45) is 0. The second-order valence-electron chi connectivity index (χ2n) is 5.12. The van der Waals surface area contributed by atoms with Gasteiger partial charge in [0, 0.05) is 17.5 Å². The van der Waals surface area contributed by atoms with Crippen LogP contribution in [0.1, 0.15) is 30.3 Å². The normalized spacial score (nSPS) is 12.6. The van der Waals surface area contributed by atoms with Crippen LogP contribution in [0.3, 0.4) is 0 Å². The fourth-order valence-electron chi connectivity index (χ4n) is 2.21. The van der Waals surface area contributed by atoms with Crippen molar-refractivity contribution in [2.45, 2.75) is 26.4 Å². The number of phenolic OH excluding ortho intramolecular Hbond substituents is 1. The standard InChI is InChI=1S/C16H21NO2S/c1-11(2)16(15-5-4-8-20-15)17-10-12-6-7-14(19-3)13(18)9-12/h4-9,11,16-18H,10H2,1-3H3. The summed E-state index contributed by atoms with van der Waals surface area (Å²) >= 11 is 1.77. The van der Waals surface area contributed by atoms with E-state index < -0.39 is 0 Å². The first-order valence-electron chi connectivity index (χ1n) is 6.74. The molecule has 0 saturated heterocycles. The summed E-state index contributed by atoms with van der Waals surface area (Å²) in [5, 5.41) is 15.5. The van der Waals surface area contributed by atoms with Crippen LogP contribution in [0, 0.1) is 5.92 Å². The first kappa shape index (κ1) is 14.9. The van der Waals surface area contributed by atoms with E-state index in [0.29, 0.717) is 17.7 Å². The summed E-state index contributed by atoms with van der Waals surface area (Å²) in [6, 6.07) is 10.1. The number of benzene rings is 1. The van der Waals surface area contributed by atoms with Crippen molar-refractivity contribution in [2.75, 3.05) is 7.11 Å². The molecule has 1 aromatic heterocycles. The number of thiophene rings is 1. The molecule has 0 spiro atoms. The molecular weight excluding hydrogens is 270 g/mol. The Labute approximate surface area is 124 Å². The van der Waals surface area contributed by atoms with Gasteiger partial charge in [-0.2, -0.15) is 0 Å². The van der Waals surface area contributed by atoms with Gasteiger partial charge in [-0.3, -0.25) is 0 Å². The molecule has 0 saturated carbocycles. The SMILES string of the molecule is COc1ccc(CNC(c2cccs2)C(C)C)cc1O. The lowest BCUT2D eigenvalue weighted by Gasteiger charge is -2.21. The van der Waals surface area contributed by atoms with E-state index >= 15 is 0 Å². The Kier molecular flexibility index (Phi) is 5.04. The lowest BCUT2D eigenvalue weighted by molar-refractivity contribution is 0.372. The molecule has 0 bridgehead atoms. The minimum absolute atomic E-state index is 0.184. The van der Waals surface area contributed by atoms with Crippen LogP contribution >= 0.6 is 11.3 Å². The molecule has 4 heteroatoms. The predicted molar refractivity (Wildman–Crippen MR) is 83.4 cm³/mol. The second-order valence-corrected chi connectivity index (χ2v) is 6.10. The zero-order chi connectivity index (χ0) is 14.5. The van der Waals surface area contributed by atoms with Crippen LogP contribution in [0.5, 0.6) is 11.5 Å². The van der Waals surface area contributed by atoms with E-state index in [1.807, 2.05) is 6.07 Å². The number of methoxy groups -OCH3 is 1. The summed E-state index contributed by atoms with van der Waals surface area (Å²) in [6.45, 7) is 5.14. The molecule has 1 aromatic carbocycles. The van der Waals surface area contributed by atoms with E-state index in [1.54, 1.807) is 30.6 Å². The van der Waals surface area contributed by atoms with E-state index in [1.165, 1.54) is 4.88 Å². The average molecular weight is 291 g/mol. The Morgan fingerprint density at radius 2 is 2.10 bits per heavy atom. The zero-order valence-electron chi connectivity index (χ0n) is 12.1. The fourth-order valence-corrected chi connectivity index (χ4v) is 3.18. The van der Waals surface area contributed by atoms with Crippen molar-refractivity contribution in [3.63, 3.8) is 0 Å². The maximum atomic E-state index is 9.80. The number of phenols is 1. The molecule has 2 aromatic rings. The third-order valence-electron chi connectivity index (χ3n) is 3.29. The van der Waals surface area contributed by atoms with Crippen LogP contribution in [-0.4, -0.2) is 12.2 Å². The molecule has 1 atom stereocenters. The Hall–Kier alpha value is -1.52. The molecule has 20 heavy (non-hydrogen) atoms. The maximum Gasteiger partial charge on any atom is 0.160 e. The van der Waals surface area contributed by atoms with Gasteiger partial charge in [0.05, 0.1) is 7.11 Å². The monoisotopic (exact) mass is 291 g/mol. The molecule has 108 valence electrons. The van der Waals surface area contributed by atoms with Gasteiger partial charge in [-0.05, 0) is 35.1 Å². The molecule has 2 N–H and O–H groups in total. The van der Waals surface area contributed by atoms with Gasteiger partial charge in [0.2, 0.25) is 0 Å².